The van der Waals surface area contributed by atoms with Crippen molar-refractivity contribution in [2.75, 3.05) is 7.11 Å². The summed E-state index contributed by atoms with van der Waals surface area (Å²) in [6.45, 7) is 0.341. The molecule has 0 atom stereocenters. The van der Waals surface area contributed by atoms with Gasteiger partial charge in [-0.3, -0.25) is 0 Å². The summed E-state index contributed by atoms with van der Waals surface area (Å²) < 4.78 is 12.0. The fraction of sp³-hybridized carbons (Fsp3) is 0.133. The Labute approximate surface area is 142 Å². The van der Waals surface area contributed by atoms with Crippen molar-refractivity contribution in [3.63, 3.8) is 0 Å². The standard InChI is InChI=1S/C15H13BrClNO2S/c1-19-13-7-10(16)6-12(15(18)21)14(13)20-8-9-3-2-4-11(17)5-9/h2-7H,8H2,1H3,(H2,18,21). The lowest BCUT2D eigenvalue weighted by atomic mass is 10.2. The van der Waals surface area contributed by atoms with Gasteiger partial charge in [-0.05, 0) is 29.8 Å². The van der Waals surface area contributed by atoms with Gasteiger partial charge in [0, 0.05) is 9.50 Å². The Balaban J connectivity index is 2.32. The zero-order valence-corrected chi connectivity index (χ0v) is 14.4. The maximum Gasteiger partial charge on any atom is 0.171 e. The predicted octanol–water partition coefficient (Wildman–Crippen LogP) is 4.32. The van der Waals surface area contributed by atoms with Gasteiger partial charge in [-0.1, -0.05) is 51.9 Å². The van der Waals surface area contributed by atoms with Crippen LogP contribution in [0.4, 0.5) is 0 Å². The molecule has 2 rings (SSSR count). The van der Waals surface area contributed by atoms with Crippen molar-refractivity contribution in [1.29, 1.82) is 0 Å². The Morgan fingerprint density at radius 3 is 2.71 bits per heavy atom. The van der Waals surface area contributed by atoms with E-state index in [2.05, 4.69) is 15.9 Å². The number of benzene rings is 2. The Kier molecular flexibility index (Phi) is 5.45. The number of halogens is 2. The zero-order chi connectivity index (χ0) is 15.4. The summed E-state index contributed by atoms with van der Waals surface area (Å²) in [6.07, 6.45) is 0. The van der Waals surface area contributed by atoms with Crippen LogP contribution in [0.25, 0.3) is 0 Å². The first-order chi connectivity index (χ1) is 10.0. The summed E-state index contributed by atoms with van der Waals surface area (Å²) in [5.41, 5.74) is 7.32. The minimum absolute atomic E-state index is 0.246. The second-order valence-electron chi connectivity index (χ2n) is 4.27. The van der Waals surface area contributed by atoms with Gasteiger partial charge in [0.25, 0.3) is 0 Å². The molecule has 3 nitrogen and oxygen atoms in total. The zero-order valence-electron chi connectivity index (χ0n) is 11.2. The smallest absolute Gasteiger partial charge is 0.171 e. The third-order valence-corrected chi connectivity index (χ3v) is 3.69. The normalized spacial score (nSPS) is 10.2. The van der Waals surface area contributed by atoms with Crippen LogP contribution in [0.1, 0.15) is 11.1 Å². The molecule has 6 heteroatoms. The lowest BCUT2D eigenvalue weighted by Gasteiger charge is -2.15. The first-order valence-corrected chi connectivity index (χ1v) is 7.63. The van der Waals surface area contributed by atoms with E-state index in [1.807, 2.05) is 24.3 Å². The molecule has 0 fully saturated rings. The van der Waals surface area contributed by atoms with Gasteiger partial charge in [-0.25, -0.2) is 0 Å². The molecule has 0 radical (unpaired) electrons. The molecule has 0 spiro atoms. The second kappa shape index (κ2) is 7.11. The van der Waals surface area contributed by atoms with E-state index >= 15 is 0 Å². The molecule has 2 aromatic carbocycles. The van der Waals surface area contributed by atoms with Gasteiger partial charge in [-0.2, -0.15) is 0 Å². The highest BCUT2D eigenvalue weighted by Gasteiger charge is 2.15. The third kappa shape index (κ3) is 4.09. The van der Waals surface area contributed by atoms with Crippen LogP contribution in [-0.4, -0.2) is 12.1 Å². The number of methoxy groups -OCH3 is 1. The molecule has 2 N–H and O–H groups in total. The molecule has 0 aliphatic heterocycles. The van der Waals surface area contributed by atoms with Gasteiger partial charge in [0.2, 0.25) is 0 Å². The van der Waals surface area contributed by atoms with E-state index in [0.29, 0.717) is 28.7 Å². The molecule has 0 amide bonds. The number of ether oxygens (including phenoxy) is 2. The van der Waals surface area contributed by atoms with Crippen molar-refractivity contribution in [2.45, 2.75) is 6.61 Å². The molecule has 0 aromatic heterocycles. The molecular weight excluding hydrogens is 374 g/mol. The lowest BCUT2D eigenvalue weighted by Crippen LogP contribution is -2.12. The molecule has 0 heterocycles. The number of nitrogens with two attached hydrogens (primary N) is 1. The molecule has 0 bridgehead atoms. The van der Waals surface area contributed by atoms with Gasteiger partial charge < -0.3 is 15.2 Å². The Bertz CT molecular complexity index is 679. The van der Waals surface area contributed by atoms with Crippen LogP contribution in [-0.2, 0) is 6.61 Å². The van der Waals surface area contributed by atoms with Crippen LogP contribution in [0, 0.1) is 0 Å². The SMILES string of the molecule is COc1cc(Br)cc(C(N)=S)c1OCc1cccc(Cl)c1. The van der Waals surface area contributed by atoms with Gasteiger partial charge >= 0.3 is 0 Å². The van der Waals surface area contributed by atoms with Crippen molar-refractivity contribution >= 4 is 44.7 Å². The summed E-state index contributed by atoms with van der Waals surface area (Å²) in [5.74, 6) is 1.09. The van der Waals surface area contributed by atoms with E-state index in [-0.39, 0.29) is 4.99 Å². The van der Waals surface area contributed by atoms with E-state index in [4.69, 9.17) is 39.0 Å². The first kappa shape index (κ1) is 16.1. The van der Waals surface area contributed by atoms with Crippen LogP contribution in [0.3, 0.4) is 0 Å². The molecule has 2 aromatic rings. The second-order valence-corrected chi connectivity index (χ2v) is 6.06. The van der Waals surface area contributed by atoms with Crippen LogP contribution in [0.15, 0.2) is 40.9 Å². The minimum Gasteiger partial charge on any atom is -0.493 e. The first-order valence-electron chi connectivity index (χ1n) is 6.06. The summed E-state index contributed by atoms with van der Waals surface area (Å²) in [4.78, 5) is 0.246. The van der Waals surface area contributed by atoms with Crippen molar-refractivity contribution < 1.29 is 9.47 Å². The molecule has 21 heavy (non-hydrogen) atoms. The van der Waals surface area contributed by atoms with Crippen molar-refractivity contribution in [1.82, 2.24) is 0 Å². The van der Waals surface area contributed by atoms with Gasteiger partial charge in [0.1, 0.15) is 11.6 Å². The number of hydrogen-bond acceptors (Lipinski definition) is 3. The third-order valence-electron chi connectivity index (χ3n) is 2.78. The van der Waals surface area contributed by atoms with Crippen molar-refractivity contribution in [3.05, 3.63) is 57.0 Å². The maximum absolute atomic E-state index is 5.96. The lowest BCUT2D eigenvalue weighted by molar-refractivity contribution is 0.284. The number of rotatable bonds is 5. The highest BCUT2D eigenvalue weighted by Crippen LogP contribution is 2.35. The molecule has 110 valence electrons. The van der Waals surface area contributed by atoms with Gasteiger partial charge in [0.15, 0.2) is 11.5 Å². The topological polar surface area (TPSA) is 44.5 Å². The quantitative estimate of drug-likeness (QED) is 0.777. The maximum atomic E-state index is 5.96. The minimum atomic E-state index is 0.246. The van der Waals surface area contributed by atoms with Crippen LogP contribution in [0.2, 0.25) is 5.02 Å². The highest BCUT2D eigenvalue weighted by molar-refractivity contribution is 9.10. The van der Waals surface area contributed by atoms with Crippen LogP contribution < -0.4 is 15.2 Å². The summed E-state index contributed by atoms with van der Waals surface area (Å²) in [6, 6.07) is 11.1. The highest BCUT2D eigenvalue weighted by atomic mass is 79.9. The van der Waals surface area contributed by atoms with Crippen molar-refractivity contribution in [2.24, 2.45) is 5.73 Å². The number of hydrogen-bond donors (Lipinski definition) is 1. The average molecular weight is 387 g/mol. The predicted molar refractivity (Wildman–Crippen MR) is 92.4 cm³/mol. The van der Waals surface area contributed by atoms with E-state index in [9.17, 15) is 0 Å². The monoisotopic (exact) mass is 385 g/mol. The molecule has 0 unspecified atom stereocenters. The molecule has 0 saturated carbocycles. The summed E-state index contributed by atoms with van der Waals surface area (Å²) >= 11 is 14.4. The fourth-order valence-corrected chi connectivity index (χ4v) is 2.64. The van der Waals surface area contributed by atoms with E-state index in [1.165, 1.54) is 0 Å². The molecule has 0 aliphatic carbocycles. The van der Waals surface area contributed by atoms with E-state index < -0.39 is 0 Å². The van der Waals surface area contributed by atoms with Crippen LogP contribution >= 0.6 is 39.7 Å². The van der Waals surface area contributed by atoms with Crippen molar-refractivity contribution in [3.8, 4) is 11.5 Å². The van der Waals surface area contributed by atoms with Crippen LogP contribution in [0.5, 0.6) is 11.5 Å². The Morgan fingerprint density at radius 1 is 1.33 bits per heavy atom. The average Bonchev–Trinajstić information content (AvgIpc) is 2.45. The molecular formula is C15H13BrClNO2S. The molecule has 0 aliphatic rings. The van der Waals surface area contributed by atoms with E-state index in [1.54, 1.807) is 19.2 Å². The van der Waals surface area contributed by atoms with Gasteiger partial charge in [0.05, 0.1) is 12.7 Å². The summed E-state index contributed by atoms with van der Waals surface area (Å²) in [7, 11) is 1.57. The Morgan fingerprint density at radius 2 is 2.10 bits per heavy atom. The van der Waals surface area contributed by atoms with E-state index in [0.717, 1.165) is 10.0 Å². The molecule has 0 saturated heterocycles. The van der Waals surface area contributed by atoms with Gasteiger partial charge in [-0.15, -0.1) is 0 Å². The largest absolute Gasteiger partial charge is 0.493 e. The fourth-order valence-electron chi connectivity index (χ4n) is 1.83. The Hall–Kier alpha value is -1.30. The summed E-state index contributed by atoms with van der Waals surface area (Å²) in [5, 5.41) is 0.661. The number of thiocarbonyl (C=S) groups is 1.